The van der Waals surface area contributed by atoms with E-state index >= 15 is 0 Å². The summed E-state index contributed by atoms with van der Waals surface area (Å²) in [7, 11) is 0. The van der Waals surface area contributed by atoms with Crippen molar-refractivity contribution in [3.63, 3.8) is 0 Å². The molecule has 8 nitrogen and oxygen atoms in total. The van der Waals surface area contributed by atoms with Gasteiger partial charge in [0.2, 0.25) is 0 Å². The lowest BCUT2D eigenvalue weighted by Crippen LogP contribution is -2.21. The van der Waals surface area contributed by atoms with Crippen molar-refractivity contribution in [2.24, 2.45) is 0 Å². The van der Waals surface area contributed by atoms with Crippen LogP contribution in [0.3, 0.4) is 0 Å². The zero-order valence-electron chi connectivity index (χ0n) is 38.8. The molecule has 0 aromatic carbocycles. The van der Waals surface area contributed by atoms with Crippen LogP contribution in [0.15, 0.2) is 0 Å². The molecular weight excluding hydrogens is 717 g/mol. The Hall–Kier alpha value is -1.67. The topological polar surface area (TPSA) is 141 Å². The summed E-state index contributed by atoms with van der Waals surface area (Å²) in [5.41, 5.74) is 0. The second kappa shape index (κ2) is 58.6. The van der Waals surface area contributed by atoms with Crippen LogP contribution in [-0.2, 0) is 19.1 Å². The van der Waals surface area contributed by atoms with Crippen LogP contribution in [0.1, 0.15) is 279 Å². The molecular formula is C49H100O8. The zero-order valence-corrected chi connectivity index (χ0v) is 38.8. The molecule has 0 aliphatic carbocycles. The second-order valence-electron chi connectivity index (χ2n) is 16.3. The average Bonchev–Trinajstić information content (AvgIpc) is 3.17. The molecule has 0 saturated heterocycles. The molecule has 1 unspecified atom stereocenters. The maximum atomic E-state index is 11.4. The van der Waals surface area contributed by atoms with Crippen LogP contribution in [0.2, 0.25) is 0 Å². The summed E-state index contributed by atoms with van der Waals surface area (Å²) >= 11 is 0. The first-order valence-corrected chi connectivity index (χ1v) is 24.4. The fourth-order valence-corrected chi connectivity index (χ4v) is 6.64. The molecule has 0 amide bonds. The number of carboxylic acid groups (broad SMARTS) is 2. The monoisotopic (exact) mass is 817 g/mol. The Kier molecular flexibility index (Phi) is 63.8. The molecule has 1 atom stereocenters. The van der Waals surface area contributed by atoms with Gasteiger partial charge in [0.05, 0.1) is 6.61 Å². The highest BCUT2D eigenvalue weighted by Crippen LogP contribution is 2.16. The van der Waals surface area contributed by atoms with Crippen molar-refractivity contribution in [1.29, 1.82) is 0 Å². The molecule has 0 saturated carbocycles. The predicted octanol–water partition coefficient (Wildman–Crippen LogP) is 14.9. The Labute approximate surface area is 354 Å². The molecule has 0 aliphatic heterocycles. The number of aliphatic hydroxyl groups is 2. The summed E-state index contributed by atoms with van der Waals surface area (Å²) in [6, 6.07) is 0. The Morgan fingerprint density at radius 2 is 0.561 bits per heavy atom. The van der Waals surface area contributed by atoms with Crippen molar-refractivity contribution in [3.8, 4) is 0 Å². The third kappa shape index (κ3) is 79.2. The average molecular weight is 817 g/mol. The van der Waals surface area contributed by atoms with E-state index in [0.29, 0.717) is 6.42 Å². The van der Waals surface area contributed by atoms with Crippen LogP contribution >= 0.6 is 0 Å². The maximum Gasteiger partial charge on any atom is 0.305 e. The van der Waals surface area contributed by atoms with Crippen LogP contribution < -0.4 is 0 Å². The van der Waals surface area contributed by atoms with Gasteiger partial charge in [0.15, 0.2) is 0 Å². The van der Waals surface area contributed by atoms with E-state index in [-0.39, 0.29) is 19.2 Å². The van der Waals surface area contributed by atoms with Gasteiger partial charge in [-0.3, -0.25) is 14.4 Å². The minimum Gasteiger partial charge on any atom is -0.481 e. The van der Waals surface area contributed by atoms with Crippen LogP contribution in [0.25, 0.3) is 0 Å². The fraction of sp³-hybridized carbons (Fsp3) is 0.939. The van der Waals surface area contributed by atoms with Crippen LogP contribution in [-0.4, -0.2) is 57.7 Å². The van der Waals surface area contributed by atoms with Crippen LogP contribution in [0, 0.1) is 0 Å². The van der Waals surface area contributed by atoms with Crippen LogP contribution in [0.4, 0.5) is 0 Å². The predicted molar refractivity (Wildman–Crippen MR) is 243 cm³/mol. The maximum absolute atomic E-state index is 11.4. The van der Waals surface area contributed by atoms with E-state index < -0.39 is 18.0 Å². The van der Waals surface area contributed by atoms with Crippen molar-refractivity contribution in [3.05, 3.63) is 0 Å². The highest BCUT2D eigenvalue weighted by Gasteiger charge is 2.07. The minimum atomic E-state index is -0.955. The van der Waals surface area contributed by atoms with E-state index in [4.69, 9.17) is 34.8 Å². The summed E-state index contributed by atoms with van der Waals surface area (Å²) in [6.07, 6.45) is 51.3. The third-order valence-electron chi connectivity index (χ3n) is 10.1. The lowest BCUT2D eigenvalue weighted by atomic mass is 10.0. The van der Waals surface area contributed by atoms with Gasteiger partial charge in [0.25, 0.3) is 11.9 Å². The van der Waals surface area contributed by atoms with Gasteiger partial charge in [-0.1, -0.05) is 252 Å². The number of carboxylic acids is 2. The Morgan fingerprint density at radius 1 is 0.386 bits per heavy atom. The van der Waals surface area contributed by atoms with Gasteiger partial charge in [0.1, 0.15) is 12.7 Å². The van der Waals surface area contributed by atoms with Gasteiger partial charge in [-0.2, -0.15) is 0 Å². The highest BCUT2D eigenvalue weighted by molar-refractivity contribution is 5.69. The first-order chi connectivity index (χ1) is 27.6. The summed E-state index contributed by atoms with van der Waals surface area (Å²) in [6.45, 7) is 8.57. The first kappa shape index (κ1) is 62.0. The van der Waals surface area contributed by atoms with E-state index in [9.17, 15) is 4.79 Å². The molecule has 0 radical (unpaired) electrons. The van der Waals surface area contributed by atoms with Crippen molar-refractivity contribution in [2.45, 2.75) is 285 Å². The van der Waals surface area contributed by atoms with Gasteiger partial charge < -0.3 is 25.2 Å². The van der Waals surface area contributed by atoms with Gasteiger partial charge >= 0.3 is 5.97 Å². The highest BCUT2D eigenvalue weighted by atomic mass is 16.5. The van der Waals surface area contributed by atoms with E-state index in [2.05, 4.69) is 20.8 Å². The van der Waals surface area contributed by atoms with Gasteiger partial charge in [-0.15, -0.1) is 0 Å². The van der Waals surface area contributed by atoms with Crippen molar-refractivity contribution in [2.75, 3.05) is 13.2 Å². The van der Waals surface area contributed by atoms with Gasteiger partial charge in [-0.25, -0.2) is 0 Å². The van der Waals surface area contributed by atoms with Crippen molar-refractivity contribution in [1.82, 2.24) is 0 Å². The quantitative estimate of drug-likeness (QED) is 0.0354. The number of carbonyl (C=O) groups excluding carboxylic acids is 1. The summed E-state index contributed by atoms with van der Waals surface area (Å²) < 4.78 is 4.88. The van der Waals surface area contributed by atoms with Gasteiger partial charge in [-0.05, 0) is 6.42 Å². The Morgan fingerprint density at radius 3 is 0.737 bits per heavy atom. The number of aliphatic hydroxyl groups excluding tert-OH is 2. The van der Waals surface area contributed by atoms with Gasteiger partial charge in [0, 0.05) is 20.3 Å². The first-order valence-electron chi connectivity index (χ1n) is 24.4. The van der Waals surface area contributed by atoms with Crippen molar-refractivity contribution >= 4 is 17.9 Å². The fourth-order valence-electron chi connectivity index (χ4n) is 6.64. The van der Waals surface area contributed by atoms with E-state index in [1.165, 1.54) is 225 Å². The number of hydrogen-bond acceptors (Lipinski definition) is 6. The number of unbranched alkanes of at least 4 members (excludes halogenated alkanes) is 35. The summed E-state index contributed by atoms with van der Waals surface area (Å²) in [5.74, 6) is -1.94. The number of rotatable bonds is 40. The summed E-state index contributed by atoms with van der Waals surface area (Å²) in [4.78, 5) is 29.4. The molecule has 344 valence electrons. The molecule has 0 fully saturated rings. The standard InChI is InChI=1S/C25H50O4.C20H42.2C2H4O2/c1-2-3-4-5-6-7-8-9-10-11-12-13-14-15-16-17-18-19-20-21-25(28)29-23-24(27)22-26;1-3-5-7-9-11-13-15-17-19-20-18-16-14-12-10-8-6-4-2;2*1-2(3)4/h24,26-27H,2-23H2,1H3;3-20H2,1-2H3;2*1H3,(H,3,4). The molecule has 0 spiro atoms. The second-order valence-corrected chi connectivity index (χ2v) is 16.3. The molecule has 0 aliphatic rings. The Bertz CT molecular complexity index is 722. The van der Waals surface area contributed by atoms with E-state index in [1.54, 1.807) is 0 Å². The SMILES string of the molecule is CC(=O)O.CC(=O)O.CCCCCCCCCCCCCCCCCCCC.CCCCCCCCCCCCCCCCCCCCCC(=O)OCC(O)CO. The summed E-state index contributed by atoms with van der Waals surface area (Å²) in [5, 5.41) is 32.6. The lowest BCUT2D eigenvalue weighted by molar-refractivity contribution is -0.147. The smallest absolute Gasteiger partial charge is 0.305 e. The van der Waals surface area contributed by atoms with Crippen molar-refractivity contribution < 1.29 is 39.5 Å². The molecule has 0 aromatic rings. The number of hydrogen-bond donors (Lipinski definition) is 4. The molecule has 0 heterocycles. The normalized spacial score (nSPS) is 11.0. The molecule has 0 aromatic heterocycles. The number of aliphatic carboxylic acids is 2. The molecule has 0 bridgehead atoms. The number of esters is 1. The zero-order chi connectivity index (χ0) is 43.3. The molecule has 4 N–H and O–H groups in total. The minimum absolute atomic E-state index is 0.103. The van der Waals surface area contributed by atoms with E-state index in [1.807, 2.05) is 0 Å². The molecule has 57 heavy (non-hydrogen) atoms. The largest absolute Gasteiger partial charge is 0.481 e. The molecule has 8 heteroatoms. The van der Waals surface area contributed by atoms with E-state index in [0.717, 1.165) is 26.7 Å². The van der Waals surface area contributed by atoms with Crippen LogP contribution in [0.5, 0.6) is 0 Å². The lowest BCUT2D eigenvalue weighted by Gasteiger charge is -2.08. The molecule has 0 rings (SSSR count). The Balaban J connectivity index is -0.000000431. The third-order valence-corrected chi connectivity index (χ3v) is 10.1. The number of carbonyl (C=O) groups is 3. The number of ether oxygens (including phenoxy) is 1.